The summed E-state index contributed by atoms with van der Waals surface area (Å²) in [6.07, 6.45) is 3.66. The molecule has 0 aromatic heterocycles. The number of aryl methyl sites for hydroxylation is 2. The third-order valence-electron chi connectivity index (χ3n) is 4.02. The Labute approximate surface area is 129 Å². The molecule has 1 unspecified atom stereocenters. The molecule has 0 heterocycles. The number of rotatable bonds is 8. The second-order valence-electron chi connectivity index (χ2n) is 5.80. The van der Waals surface area contributed by atoms with Gasteiger partial charge < -0.3 is 5.32 Å². The van der Waals surface area contributed by atoms with Gasteiger partial charge in [-0.1, -0.05) is 67.1 Å². The van der Waals surface area contributed by atoms with Crippen LogP contribution in [0.1, 0.15) is 42.4 Å². The third kappa shape index (κ3) is 5.35. The van der Waals surface area contributed by atoms with E-state index in [0.717, 1.165) is 13.1 Å². The van der Waals surface area contributed by atoms with Gasteiger partial charge in [0.05, 0.1) is 0 Å². The standard InChI is InChI=1S/C20H27N/c1-3-21-16-20(19-13-7-9-17(2)15-19)14-8-12-18-10-5-4-6-11-18/h4-7,9-11,13,15,20-21H,3,8,12,14,16H2,1-2H3. The summed E-state index contributed by atoms with van der Waals surface area (Å²) in [7, 11) is 0. The van der Waals surface area contributed by atoms with Crippen molar-refractivity contribution in [1.29, 1.82) is 0 Å². The van der Waals surface area contributed by atoms with Crippen molar-refractivity contribution in [1.82, 2.24) is 5.32 Å². The molecule has 0 radical (unpaired) electrons. The van der Waals surface area contributed by atoms with E-state index >= 15 is 0 Å². The van der Waals surface area contributed by atoms with Gasteiger partial charge in [-0.15, -0.1) is 0 Å². The van der Waals surface area contributed by atoms with Gasteiger partial charge in [0.15, 0.2) is 0 Å². The highest BCUT2D eigenvalue weighted by Crippen LogP contribution is 2.22. The first kappa shape index (κ1) is 15.8. The molecule has 0 bridgehead atoms. The zero-order valence-electron chi connectivity index (χ0n) is 13.3. The fourth-order valence-corrected chi connectivity index (χ4v) is 2.83. The van der Waals surface area contributed by atoms with Gasteiger partial charge in [-0.05, 0) is 49.8 Å². The number of nitrogens with one attached hydrogen (secondary N) is 1. The molecule has 1 nitrogen and oxygen atoms in total. The van der Waals surface area contributed by atoms with E-state index in [1.165, 1.54) is 36.0 Å². The maximum Gasteiger partial charge on any atom is 0.00200 e. The Morgan fingerprint density at radius 3 is 2.52 bits per heavy atom. The number of hydrogen-bond acceptors (Lipinski definition) is 1. The minimum absolute atomic E-state index is 0.619. The van der Waals surface area contributed by atoms with Gasteiger partial charge in [0.25, 0.3) is 0 Å². The smallest absolute Gasteiger partial charge is 0.00200 e. The molecule has 0 saturated carbocycles. The lowest BCUT2D eigenvalue weighted by Gasteiger charge is -2.18. The quantitative estimate of drug-likeness (QED) is 0.739. The fourth-order valence-electron chi connectivity index (χ4n) is 2.83. The minimum Gasteiger partial charge on any atom is -0.316 e. The Morgan fingerprint density at radius 1 is 1.00 bits per heavy atom. The topological polar surface area (TPSA) is 12.0 Å². The van der Waals surface area contributed by atoms with Crippen LogP contribution >= 0.6 is 0 Å². The number of hydrogen-bond donors (Lipinski definition) is 1. The van der Waals surface area contributed by atoms with Crippen LogP contribution in [0.3, 0.4) is 0 Å². The Balaban J connectivity index is 1.93. The van der Waals surface area contributed by atoms with Crippen molar-refractivity contribution in [3.8, 4) is 0 Å². The molecular weight excluding hydrogens is 254 g/mol. The number of likely N-dealkylation sites (N-methyl/N-ethyl adjacent to an activating group) is 1. The summed E-state index contributed by atoms with van der Waals surface area (Å²) in [6.45, 7) is 6.48. The molecule has 0 amide bonds. The molecule has 112 valence electrons. The average Bonchev–Trinajstić information content (AvgIpc) is 2.51. The van der Waals surface area contributed by atoms with Crippen molar-refractivity contribution in [3.63, 3.8) is 0 Å². The Morgan fingerprint density at radius 2 is 1.81 bits per heavy atom. The van der Waals surface area contributed by atoms with Crippen LogP contribution in [0, 0.1) is 6.92 Å². The molecule has 1 heteroatoms. The highest BCUT2D eigenvalue weighted by Gasteiger charge is 2.11. The molecule has 1 atom stereocenters. The van der Waals surface area contributed by atoms with Crippen LogP contribution in [0.25, 0.3) is 0 Å². The third-order valence-corrected chi connectivity index (χ3v) is 4.02. The molecule has 2 rings (SSSR count). The Hall–Kier alpha value is -1.60. The fraction of sp³-hybridized carbons (Fsp3) is 0.400. The van der Waals surface area contributed by atoms with E-state index in [4.69, 9.17) is 0 Å². The first-order valence-corrected chi connectivity index (χ1v) is 8.10. The molecule has 21 heavy (non-hydrogen) atoms. The summed E-state index contributed by atoms with van der Waals surface area (Å²) >= 11 is 0. The van der Waals surface area contributed by atoms with E-state index in [1.54, 1.807) is 0 Å². The highest BCUT2D eigenvalue weighted by atomic mass is 14.8. The first-order valence-electron chi connectivity index (χ1n) is 8.10. The zero-order valence-corrected chi connectivity index (χ0v) is 13.3. The summed E-state index contributed by atoms with van der Waals surface area (Å²) in [6, 6.07) is 19.8. The van der Waals surface area contributed by atoms with Crippen LogP contribution in [0.4, 0.5) is 0 Å². The van der Waals surface area contributed by atoms with E-state index in [9.17, 15) is 0 Å². The van der Waals surface area contributed by atoms with Gasteiger partial charge in [0.2, 0.25) is 0 Å². The lowest BCUT2D eigenvalue weighted by Crippen LogP contribution is -2.21. The van der Waals surface area contributed by atoms with E-state index in [2.05, 4.69) is 73.8 Å². The first-order chi connectivity index (χ1) is 10.3. The molecule has 2 aromatic carbocycles. The SMILES string of the molecule is CCNCC(CCCc1ccccc1)c1cccc(C)c1. The molecule has 0 aliphatic rings. The number of benzene rings is 2. The van der Waals surface area contributed by atoms with Crippen LogP contribution in [-0.2, 0) is 6.42 Å². The van der Waals surface area contributed by atoms with Crippen LogP contribution in [0.5, 0.6) is 0 Å². The minimum atomic E-state index is 0.619. The van der Waals surface area contributed by atoms with E-state index in [-0.39, 0.29) is 0 Å². The summed E-state index contributed by atoms with van der Waals surface area (Å²) in [5.41, 5.74) is 4.28. The predicted molar refractivity (Wildman–Crippen MR) is 91.8 cm³/mol. The van der Waals surface area contributed by atoms with E-state index < -0.39 is 0 Å². The maximum atomic E-state index is 3.51. The molecule has 0 aliphatic carbocycles. The lowest BCUT2D eigenvalue weighted by atomic mass is 9.91. The zero-order chi connectivity index (χ0) is 14.9. The van der Waals surface area contributed by atoms with E-state index in [0.29, 0.717) is 5.92 Å². The van der Waals surface area contributed by atoms with Crippen LogP contribution in [-0.4, -0.2) is 13.1 Å². The largest absolute Gasteiger partial charge is 0.316 e. The van der Waals surface area contributed by atoms with Crippen molar-refractivity contribution in [2.75, 3.05) is 13.1 Å². The second kappa shape index (κ2) is 8.63. The van der Waals surface area contributed by atoms with Crippen molar-refractivity contribution in [2.24, 2.45) is 0 Å². The predicted octanol–water partition coefficient (Wildman–Crippen LogP) is 4.71. The van der Waals surface area contributed by atoms with Gasteiger partial charge in [0, 0.05) is 6.54 Å². The summed E-state index contributed by atoms with van der Waals surface area (Å²) in [5, 5.41) is 3.51. The molecule has 2 aromatic rings. The molecular formula is C20H27N. The van der Waals surface area contributed by atoms with Crippen molar-refractivity contribution in [3.05, 3.63) is 71.3 Å². The molecule has 0 aliphatic heterocycles. The van der Waals surface area contributed by atoms with Crippen molar-refractivity contribution >= 4 is 0 Å². The lowest BCUT2D eigenvalue weighted by molar-refractivity contribution is 0.542. The summed E-state index contributed by atoms with van der Waals surface area (Å²) < 4.78 is 0. The van der Waals surface area contributed by atoms with Gasteiger partial charge in [0.1, 0.15) is 0 Å². The average molecular weight is 281 g/mol. The maximum absolute atomic E-state index is 3.51. The van der Waals surface area contributed by atoms with Crippen molar-refractivity contribution in [2.45, 2.75) is 39.0 Å². The normalized spacial score (nSPS) is 12.3. The summed E-state index contributed by atoms with van der Waals surface area (Å²) in [5.74, 6) is 0.619. The molecule has 0 saturated heterocycles. The molecule has 0 fully saturated rings. The van der Waals surface area contributed by atoms with E-state index in [1.807, 2.05) is 0 Å². The molecule has 0 spiro atoms. The van der Waals surface area contributed by atoms with Gasteiger partial charge >= 0.3 is 0 Å². The Kier molecular flexibility index (Phi) is 6.49. The van der Waals surface area contributed by atoms with Gasteiger partial charge in [-0.3, -0.25) is 0 Å². The monoisotopic (exact) mass is 281 g/mol. The summed E-state index contributed by atoms with van der Waals surface area (Å²) in [4.78, 5) is 0. The van der Waals surface area contributed by atoms with Gasteiger partial charge in [-0.2, -0.15) is 0 Å². The van der Waals surface area contributed by atoms with Crippen LogP contribution in [0.15, 0.2) is 54.6 Å². The highest BCUT2D eigenvalue weighted by molar-refractivity contribution is 5.26. The van der Waals surface area contributed by atoms with Crippen LogP contribution in [0.2, 0.25) is 0 Å². The molecule has 1 N–H and O–H groups in total. The van der Waals surface area contributed by atoms with Crippen LogP contribution < -0.4 is 5.32 Å². The van der Waals surface area contributed by atoms with Crippen molar-refractivity contribution < 1.29 is 0 Å². The van der Waals surface area contributed by atoms with Gasteiger partial charge in [-0.25, -0.2) is 0 Å². The second-order valence-corrected chi connectivity index (χ2v) is 5.80. The Bertz CT molecular complexity index is 518.